The van der Waals surface area contributed by atoms with Crippen molar-refractivity contribution in [1.82, 2.24) is 24.9 Å². The molecule has 0 atom stereocenters. The molecule has 1 N–H and O–H groups in total. The van der Waals surface area contributed by atoms with Gasteiger partial charge in [-0.3, -0.25) is 9.59 Å². The van der Waals surface area contributed by atoms with Gasteiger partial charge < -0.3 is 10.1 Å². The van der Waals surface area contributed by atoms with Gasteiger partial charge in [0.1, 0.15) is 12.9 Å². The van der Waals surface area contributed by atoms with E-state index in [1.165, 1.54) is 17.0 Å². The summed E-state index contributed by atoms with van der Waals surface area (Å²) in [5, 5.41) is 6.53. The number of esters is 1. The lowest BCUT2D eigenvalue weighted by atomic mass is 10.2. The van der Waals surface area contributed by atoms with Crippen LogP contribution in [0.1, 0.15) is 29.9 Å². The van der Waals surface area contributed by atoms with Crippen LogP contribution >= 0.6 is 0 Å². The van der Waals surface area contributed by atoms with Crippen molar-refractivity contribution in [2.45, 2.75) is 20.3 Å². The summed E-state index contributed by atoms with van der Waals surface area (Å²) < 4.78 is 6.26. The number of hydrogen-bond acceptors (Lipinski definition) is 6. The van der Waals surface area contributed by atoms with Crippen molar-refractivity contribution in [3.8, 4) is 0 Å². The molecule has 0 aromatic carbocycles. The van der Waals surface area contributed by atoms with Crippen LogP contribution in [0.3, 0.4) is 0 Å². The van der Waals surface area contributed by atoms with Crippen LogP contribution in [-0.4, -0.2) is 44.6 Å². The summed E-state index contributed by atoms with van der Waals surface area (Å²) in [6, 6.07) is 0. The van der Waals surface area contributed by atoms with Gasteiger partial charge in [-0.2, -0.15) is 10.1 Å². The number of rotatable bonds is 5. The van der Waals surface area contributed by atoms with E-state index in [9.17, 15) is 9.59 Å². The van der Waals surface area contributed by atoms with Crippen LogP contribution in [0, 0.1) is 0 Å². The van der Waals surface area contributed by atoms with E-state index in [1.807, 2.05) is 6.92 Å². The minimum absolute atomic E-state index is 0.175. The van der Waals surface area contributed by atoms with Gasteiger partial charge >= 0.3 is 5.97 Å². The smallest absolute Gasteiger partial charge is 0.325 e. The molecular formula is C12H15N5O3. The molecule has 20 heavy (non-hydrogen) atoms. The summed E-state index contributed by atoms with van der Waals surface area (Å²) in [5.74, 6) is -0.433. The number of carbonyl (C=O) groups is 2. The monoisotopic (exact) mass is 277 g/mol. The number of carbonyl (C=O) groups excluding carboxylic acids is 2. The predicted molar refractivity (Wildman–Crippen MR) is 69.1 cm³/mol. The summed E-state index contributed by atoms with van der Waals surface area (Å²) in [6.07, 6.45) is 3.40. The van der Waals surface area contributed by atoms with Crippen LogP contribution in [0.15, 0.2) is 12.5 Å². The van der Waals surface area contributed by atoms with Crippen LogP contribution in [0.5, 0.6) is 0 Å². The molecule has 106 valence electrons. The highest BCUT2D eigenvalue weighted by atomic mass is 16.5. The highest BCUT2D eigenvalue weighted by molar-refractivity contribution is 5.96. The Morgan fingerprint density at radius 2 is 2.15 bits per heavy atom. The van der Waals surface area contributed by atoms with Crippen molar-refractivity contribution in [3.63, 3.8) is 0 Å². The minimum Gasteiger partial charge on any atom is -0.465 e. The quantitative estimate of drug-likeness (QED) is 0.771. The van der Waals surface area contributed by atoms with Crippen molar-refractivity contribution in [3.05, 3.63) is 23.8 Å². The van der Waals surface area contributed by atoms with Gasteiger partial charge in [0.05, 0.1) is 17.9 Å². The van der Waals surface area contributed by atoms with E-state index in [4.69, 9.17) is 4.74 Å². The molecule has 2 rings (SSSR count). The fourth-order valence-corrected chi connectivity index (χ4v) is 1.81. The first-order valence-corrected chi connectivity index (χ1v) is 6.28. The number of nitrogens with one attached hydrogen (secondary N) is 1. The molecule has 0 aliphatic heterocycles. The fourth-order valence-electron chi connectivity index (χ4n) is 1.81. The van der Waals surface area contributed by atoms with Crippen LogP contribution in [0.4, 0.5) is 0 Å². The van der Waals surface area contributed by atoms with E-state index < -0.39 is 5.97 Å². The Bertz CT molecular complexity index is 637. The first kappa shape index (κ1) is 13.9. The van der Waals surface area contributed by atoms with Crippen molar-refractivity contribution < 1.29 is 14.3 Å². The zero-order valence-corrected chi connectivity index (χ0v) is 11.3. The summed E-state index contributed by atoms with van der Waals surface area (Å²) in [7, 11) is 0. The van der Waals surface area contributed by atoms with Gasteiger partial charge in [0.2, 0.25) is 0 Å². The van der Waals surface area contributed by atoms with Crippen molar-refractivity contribution in [2.75, 3.05) is 13.2 Å². The molecule has 1 amide bonds. The predicted octanol–water partition coefficient (Wildman–Crippen LogP) is -0.0204. The molecule has 0 saturated heterocycles. The number of amides is 1. The zero-order chi connectivity index (χ0) is 14.5. The Labute approximate surface area is 115 Å². The highest BCUT2D eigenvalue weighted by Crippen LogP contribution is 2.09. The molecule has 0 bridgehead atoms. The SMILES string of the molecule is CCOC(=O)CNC(=O)c1cnc2ncnn2c1CC. The van der Waals surface area contributed by atoms with Gasteiger partial charge in [-0.1, -0.05) is 6.92 Å². The maximum absolute atomic E-state index is 12.1. The van der Waals surface area contributed by atoms with Gasteiger partial charge in [-0.05, 0) is 13.3 Å². The lowest BCUT2D eigenvalue weighted by Crippen LogP contribution is -2.31. The third-order valence-electron chi connectivity index (χ3n) is 2.68. The summed E-state index contributed by atoms with van der Waals surface area (Å²) >= 11 is 0. The number of nitrogens with zero attached hydrogens (tertiary/aromatic N) is 4. The van der Waals surface area contributed by atoms with Gasteiger partial charge in [-0.25, -0.2) is 9.50 Å². The average molecular weight is 277 g/mol. The molecule has 0 saturated carbocycles. The van der Waals surface area contributed by atoms with E-state index in [1.54, 1.807) is 6.92 Å². The Morgan fingerprint density at radius 3 is 2.85 bits per heavy atom. The third kappa shape index (κ3) is 2.73. The molecule has 2 aromatic rings. The summed E-state index contributed by atoms with van der Waals surface area (Å²) in [5.41, 5.74) is 1.06. The number of hydrogen-bond donors (Lipinski definition) is 1. The molecule has 2 aromatic heterocycles. The molecule has 8 heteroatoms. The maximum atomic E-state index is 12.1. The standard InChI is InChI=1S/C12H15N5O3/c1-3-9-8(5-14-12-15-7-16-17(9)12)11(19)13-6-10(18)20-4-2/h5,7H,3-4,6H2,1-2H3,(H,13,19). The van der Waals surface area contributed by atoms with E-state index in [-0.39, 0.29) is 19.1 Å². The van der Waals surface area contributed by atoms with Crippen LogP contribution in [0.2, 0.25) is 0 Å². The van der Waals surface area contributed by atoms with E-state index in [0.717, 1.165) is 0 Å². The maximum Gasteiger partial charge on any atom is 0.325 e. The van der Waals surface area contributed by atoms with Gasteiger partial charge in [0, 0.05) is 6.20 Å². The number of aryl methyl sites for hydroxylation is 1. The van der Waals surface area contributed by atoms with Gasteiger partial charge in [0.15, 0.2) is 0 Å². The second-order valence-electron chi connectivity index (χ2n) is 3.93. The molecule has 0 radical (unpaired) electrons. The number of aromatic nitrogens is 4. The Kier molecular flexibility index (Phi) is 4.24. The van der Waals surface area contributed by atoms with E-state index in [2.05, 4.69) is 20.4 Å². The minimum atomic E-state index is -0.478. The van der Waals surface area contributed by atoms with E-state index in [0.29, 0.717) is 23.5 Å². The molecular weight excluding hydrogens is 262 g/mol. The first-order valence-electron chi connectivity index (χ1n) is 6.28. The molecule has 0 unspecified atom stereocenters. The van der Waals surface area contributed by atoms with Gasteiger partial charge in [-0.15, -0.1) is 0 Å². The van der Waals surface area contributed by atoms with Gasteiger partial charge in [0.25, 0.3) is 11.7 Å². The van der Waals surface area contributed by atoms with Crippen LogP contribution in [-0.2, 0) is 16.0 Å². The van der Waals surface area contributed by atoms with Crippen molar-refractivity contribution in [1.29, 1.82) is 0 Å². The second-order valence-corrected chi connectivity index (χ2v) is 3.93. The third-order valence-corrected chi connectivity index (χ3v) is 2.68. The largest absolute Gasteiger partial charge is 0.465 e. The fraction of sp³-hybridized carbons (Fsp3) is 0.417. The molecule has 0 aliphatic rings. The molecule has 0 spiro atoms. The Hall–Kier alpha value is -2.51. The first-order chi connectivity index (χ1) is 9.67. The van der Waals surface area contributed by atoms with Crippen LogP contribution < -0.4 is 5.32 Å². The van der Waals surface area contributed by atoms with E-state index >= 15 is 0 Å². The Balaban J connectivity index is 2.19. The summed E-state index contributed by atoms with van der Waals surface area (Å²) in [4.78, 5) is 31.3. The lowest BCUT2D eigenvalue weighted by Gasteiger charge is -2.09. The molecule has 8 nitrogen and oxygen atoms in total. The molecule has 0 aliphatic carbocycles. The van der Waals surface area contributed by atoms with Crippen molar-refractivity contribution >= 4 is 17.7 Å². The van der Waals surface area contributed by atoms with Crippen molar-refractivity contribution in [2.24, 2.45) is 0 Å². The topological polar surface area (TPSA) is 98.5 Å². The normalized spacial score (nSPS) is 10.5. The second kappa shape index (κ2) is 6.09. The Morgan fingerprint density at radius 1 is 1.35 bits per heavy atom. The lowest BCUT2D eigenvalue weighted by molar-refractivity contribution is -0.141. The number of ether oxygens (including phenoxy) is 1. The summed E-state index contributed by atoms with van der Waals surface area (Å²) in [6.45, 7) is 3.71. The highest BCUT2D eigenvalue weighted by Gasteiger charge is 2.16. The molecule has 2 heterocycles. The van der Waals surface area contributed by atoms with Crippen LogP contribution in [0.25, 0.3) is 5.78 Å². The molecule has 0 fully saturated rings. The zero-order valence-electron chi connectivity index (χ0n) is 11.3. The average Bonchev–Trinajstić information content (AvgIpc) is 2.92. The number of fused-ring (bicyclic) bond motifs is 1.